The van der Waals surface area contributed by atoms with E-state index in [-0.39, 0.29) is 12.1 Å². The van der Waals surface area contributed by atoms with Crippen LogP contribution in [0.4, 0.5) is 4.79 Å². The zero-order valence-corrected chi connectivity index (χ0v) is 14.8. The molecule has 3 fully saturated rings. The first-order chi connectivity index (χ1) is 11.7. The minimum Gasteiger partial charge on any atom is -0.337 e. The van der Waals surface area contributed by atoms with Gasteiger partial charge in [-0.05, 0) is 44.1 Å². The van der Waals surface area contributed by atoms with E-state index in [1.165, 1.54) is 25.7 Å². The van der Waals surface area contributed by atoms with E-state index in [2.05, 4.69) is 26.7 Å². The van der Waals surface area contributed by atoms with E-state index < -0.39 is 0 Å². The first-order valence-electron chi connectivity index (χ1n) is 9.44. The molecule has 0 radical (unpaired) electrons. The Morgan fingerprint density at radius 2 is 2.00 bits per heavy atom. The highest BCUT2D eigenvalue weighted by atomic mass is 16.2. The second kappa shape index (κ2) is 6.39. The number of imidazole rings is 1. The molecule has 0 spiro atoms. The Balaban J connectivity index is 1.43. The van der Waals surface area contributed by atoms with Crippen LogP contribution in [0, 0.1) is 11.8 Å². The molecule has 1 N–H and O–H groups in total. The molecule has 3 aliphatic rings. The summed E-state index contributed by atoms with van der Waals surface area (Å²) >= 11 is 0. The molecule has 6 nitrogen and oxygen atoms in total. The molecule has 2 saturated carbocycles. The molecule has 0 bridgehead atoms. The van der Waals surface area contributed by atoms with E-state index >= 15 is 0 Å². The fourth-order valence-electron chi connectivity index (χ4n) is 4.09. The van der Waals surface area contributed by atoms with Gasteiger partial charge in [0.25, 0.3) is 0 Å². The van der Waals surface area contributed by atoms with Crippen molar-refractivity contribution < 1.29 is 4.79 Å². The van der Waals surface area contributed by atoms with Gasteiger partial charge in [0.2, 0.25) is 0 Å². The second-order valence-corrected chi connectivity index (χ2v) is 7.64. The Morgan fingerprint density at radius 3 is 2.54 bits per heavy atom. The van der Waals surface area contributed by atoms with Crippen molar-refractivity contribution in [3.05, 3.63) is 18.2 Å². The van der Waals surface area contributed by atoms with Crippen molar-refractivity contribution in [3.63, 3.8) is 0 Å². The van der Waals surface area contributed by atoms with Gasteiger partial charge in [0, 0.05) is 45.1 Å². The number of nitrogens with one attached hydrogen (secondary N) is 1. The summed E-state index contributed by atoms with van der Waals surface area (Å²) in [6, 6.07) is 0.747. The summed E-state index contributed by atoms with van der Waals surface area (Å²) in [4.78, 5) is 21.8. The quantitative estimate of drug-likeness (QED) is 0.898. The summed E-state index contributed by atoms with van der Waals surface area (Å²) in [5.41, 5.74) is 0. The summed E-state index contributed by atoms with van der Waals surface area (Å²) in [6.07, 6.45) is 9.00. The summed E-state index contributed by atoms with van der Waals surface area (Å²) in [5, 5.41) is 3.37. The van der Waals surface area contributed by atoms with Crippen LogP contribution in [0.1, 0.15) is 44.5 Å². The number of nitrogens with zero attached hydrogens (tertiary/aromatic N) is 4. The first-order valence-corrected chi connectivity index (χ1v) is 9.44. The van der Waals surface area contributed by atoms with Crippen LogP contribution in [0.2, 0.25) is 0 Å². The smallest absolute Gasteiger partial charge is 0.317 e. The maximum absolute atomic E-state index is 12.8. The normalized spacial score (nSPS) is 25.3. The zero-order chi connectivity index (χ0) is 16.7. The van der Waals surface area contributed by atoms with Crippen LogP contribution in [-0.2, 0) is 7.05 Å². The lowest BCUT2D eigenvalue weighted by atomic mass is 10.1. The summed E-state index contributed by atoms with van der Waals surface area (Å²) in [6.45, 7) is 5.62. The van der Waals surface area contributed by atoms with Crippen LogP contribution >= 0.6 is 0 Å². The fourth-order valence-corrected chi connectivity index (χ4v) is 4.09. The van der Waals surface area contributed by atoms with Crippen LogP contribution in [0.3, 0.4) is 0 Å². The van der Waals surface area contributed by atoms with Crippen LogP contribution in [0.15, 0.2) is 12.4 Å². The Morgan fingerprint density at radius 1 is 1.29 bits per heavy atom. The number of aromatic nitrogens is 2. The third kappa shape index (κ3) is 3.16. The average Bonchev–Trinajstić information content (AvgIpc) is 3.51. The van der Waals surface area contributed by atoms with Gasteiger partial charge in [-0.1, -0.05) is 6.92 Å². The molecule has 2 heterocycles. The number of urea groups is 1. The number of aryl methyl sites for hydroxylation is 1. The molecule has 6 heteroatoms. The number of hydrogen-bond donors (Lipinski definition) is 1. The van der Waals surface area contributed by atoms with Gasteiger partial charge >= 0.3 is 6.03 Å². The van der Waals surface area contributed by atoms with Crippen LogP contribution in [-0.4, -0.2) is 57.6 Å². The van der Waals surface area contributed by atoms with Gasteiger partial charge in [0.05, 0.1) is 6.04 Å². The molecule has 4 rings (SSSR count). The molecule has 24 heavy (non-hydrogen) atoms. The molecular weight excluding hydrogens is 302 g/mol. The van der Waals surface area contributed by atoms with Crippen molar-refractivity contribution in [2.24, 2.45) is 18.9 Å². The summed E-state index contributed by atoms with van der Waals surface area (Å²) in [7, 11) is 2.03. The highest BCUT2D eigenvalue weighted by molar-refractivity contribution is 5.75. The van der Waals surface area contributed by atoms with E-state index in [4.69, 9.17) is 0 Å². The maximum atomic E-state index is 12.8. The topological polar surface area (TPSA) is 53.4 Å². The molecule has 0 aromatic carbocycles. The third-order valence-corrected chi connectivity index (χ3v) is 5.89. The van der Waals surface area contributed by atoms with Crippen molar-refractivity contribution >= 4 is 6.03 Å². The molecule has 132 valence electrons. The van der Waals surface area contributed by atoms with Crippen molar-refractivity contribution in [1.82, 2.24) is 24.7 Å². The van der Waals surface area contributed by atoms with Crippen LogP contribution in [0.5, 0.6) is 0 Å². The number of carbonyl (C=O) groups excluding carboxylic acids is 1. The van der Waals surface area contributed by atoms with E-state index in [9.17, 15) is 4.79 Å². The lowest BCUT2D eigenvalue weighted by Gasteiger charge is -2.41. The molecule has 1 saturated heterocycles. The molecule has 1 aromatic heterocycles. The predicted molar refractivity (Wildman–Crippen MR) is 92.5 cm³/mol. The summed E-state index contributed by atoms with van der Waals surface area (Å²) < 4.78 is 2.08. The molecule has 0 unspecified atom stereocenters. The highest BCUT2D eigenvalue weighted by Gasteiger charge is 2.43. The van der Waals surface area contributed by atoms with Gasteiger partial charge < -0.3 is 14.8 Å². The second-order valence-electron chi connectivity index (χ2n) is 7.64. The van der Waals surface area contributed by atoms with Crippen molar-refractivity contribution in [2.45, 2.75) is 44.7 Å². The van der Waals surface area contributed by atoms with E-state index in [1.807, 2.05) is 24.3 Å². The fraction of sp³-hybridized carbons (Fsp3) is 0.778. The number of piperazine rings is 1. The van der Waals surface area contributed by atoms with Crippen molar-refractivity contribution in [2.75, 3.05) is 26.2 Å². The van der Waals surface area contributed by atoms with Gasteiger partial charge in [-0.15, -0.1) is 0 Å². The molecule has 2 amide bonds. The lowest BCUT2D eigenvalue weighted by molar-refractivity contribution is 0.0860. The number of rotatable bonds is 5. The standard InChI is InChI=1S/C18H29N5O/c1-3-22-10-11-23(12-15(22)17-19-8-9-21(17)2)18(24)20-16(13-4-5-13)14-6-7-14/h8-9,13-16H,3-7,10-12H2,1-2H3,(H,20,24)/t15-/m1/s1. The largest absolute Gasteiger partial charge is 0.337 e. The van der Waals surface area contributed by atoms with Gasteiger partial charge in [0.15, 0.2) is 0 Å². The number of hydrogen-bond acceptors (Lipinski definition) is 3. The first kappa shape index (κ1) is 15.9. The monoisotopic (exact) mass is 331 g/mol. The van der Waals surface area contributed by atoms with E-state index in [0.717, 1.165) is 43.8 Å². The molecule has 1 aliphatic heterocycles. The average molecular weight is 331 g/mol. The Labute approximate surface area is 144 Å². The minimum absolute atomic E-state index is 0.133. The number of amides is 2. The van der Waals surface area contributed by atoms with Crippen molar-refractivity contribution in [3.8, 4) is 0 Å². The predicted octanol–water partition coefficient (Wildman–Crippen LogP) is 2.00. The Kier molecular flexibility index (Phi) is 4.24. The molecule has 1 aromatic rings. The minimum atomic E-state index is 0.133. The SMILES string of the molecule is CCN1CCN(C(=O)NC(C2CC2)C2CC2)C[C@@H]1c1nccn1C. The lowest BCUT2D eigenvalue weighted by Crippen LogP contribution is -2.55. The van der Waals surface area contributed by atoms with Crippen LogP contribution < -0.4 is 5.32 Å². The van der Waals surface area contributed by atoms with Gasteiger partial charge in [-0.25, -0.2) is 9.78 Å². The molecule has 1 atom stereocenters. The van der Waals surface area contributed by atoms with E-state index in [1.54, 1.807) is 0 Å². The molecular formula is C18H29N5O. The zero-order valence-electron chi connectivity index (χ0n) is 14.8. The Hall–Kier alpha value is -1.56. The van der Waals surface area contributed by atoms with Gasteiger partial charge in [-0.3, -0.25) is 4.90 Å². The van der Waals surface area contributed by atoms with Gasteiger partial charge in [0.1, 0.15) is 5.82 Å². The van der Waals surface area contributed by atoms with Crippen molar-refractivity contribution in [1.29, 1.82) is 0 Å². The number of likely N-dealkylation sites (N-methyl/N-ethyl adjacent to an activating group) is 1. The summed E-state index contributed by atoms with van der Waals surface area (Å²) in [5.74, 6) is 2.53. The molecule has 2 aliphatic carbocycles. The highest BCUT2D eigenvalue weighted by Crippen LogP contribution is 2.44. The van der Waals surface area contributed by atoms with E-state index in [0.29, 0.717) is 6.04 Å². The third-order valence-electron chi connectivity index (χ3n) is 5.89. The maximum Gasteiger partial charge on any atom is 0.317 e. The van der Waals surface area contributed by atoms with Crippen LogP contribution in [0.25, 0.3) is 0 Å². The Bertz CT molecular complexity index is 580. The number of carbonyl (C=O) groups is 1. The van der Waals surface area contributed by atoms with Gasteiger partial charge in [-0.2, -0.15) is 0 Å².